The van der Waals surface area contributed by atoms with Crippen molar-refractivity contribution in [3.05, 3.63) is 72.3 Å². The van der Waals surface area contributed by atoms with Crippen LogP contribution in [0.5, 0.6) is 0 Å². The number of hydrogen-bond acceptors (Lipinski definition) is 4. The average Bonchev–Trinajstić information content (AvgIpc) is 3.09. The van der Waals surface area contributed by atoms with E-state index in [-0.39, 0.29) is 18.4 Å². The predicted molar refractivity (Wildman–Crippen MR) is 105 cm³/mol. The fraction of sp³-hybridized carbons (Fsp3) is 0.100. The molecule has 7 nitrogen and oxygen atoms in total. The number of H-pyrrole nitrogens is 1. The molecule has 2 amide bonds. The van der Waals surface area contributed by atoms with Gasteiger partial charge >= 0.3 is 0 Å². The molecule has 0 fully saturated rings. The second-order valence-electron chi connectivity index (χ2n) is 5.73. The second kappa shape index (κ2) is 8.09. The van der Waals surface area contributed by atoms with Gasteiger partial charge in [-0.05, 0) is 42.8 Å². The normalized spacial score (nSPS) is 10.9. The van der Waals surface area contributed by atoms with E-state index in [0.29, 0.717) is 11.5 Å². The van der Waals surface area contributed by atoms with Crippen LogP contribution in [0.4, 0.5) is 5.95 Å². The summed E-state index contributed by atoms with van der Waals surface area (Å²) < 4.78 is 0. The highest BCUT2D eigenvalue weighted by Crippen LogP contribution is 2.15. The molecule has 0 aliphatic carbocycles. The number of amides is 2. The van der Waals surface area contributed by atoms with E-state index in [2.05, 4.69) is 27.0 Å². The number of para-hydroxylation sites is 2. The van der Waals surface area contributed by atoms with E-state index in [0.717, 1.165) is 16.6 Å². The first-order valence-electron chi connectivity index (χ1n) is 8.38. The standard InChI is InChI=1S/C20H19N5O2/c1-3-18(26)25(21-4-2)13-14-8-7-9-15(12-14)19(27)24-20-22-16-10-5-6-11-17(16)23-20/h3-12H,1,13H2,2H3,(H2,22,23,24,27)/b21-4-. The highest BCUT2D eigenvalue weighted by Gasteiger charge is 2.13. The lowest BCUT2D eigenvalue weighted by Gasteiger charge is -2.15. The van der Waals surface area contributed by atoms with E-state index in [1.807, 2.05) is 30.3 Å². The third-order valence-corrected chi connectivity index (χ3v) is 3.83. The summed E-state index contributed by atoms with van der Waals surface area (Å²) in [4.78, 5) is 31.8. The molecule has 3 aromatic rings. The van der Waals surface area contributed by atoms with Crippen LogP contribution in [0.2, 0.25) is 0 Å². The van der Waals surface area contributed by atoms with Crippen LogP contribution in [0.1, 0.15) is 22.8 Å². The molecule has 0 saturated carbocycles. The van der Waals surface area contributed by atoms with Gasteiger partial charge in [-0.25, -0.2) is 9.99 Å². The lowest BCUT2D eigenvalue weighted by atomic mass is 10.1. The van der Waals surface area contributed by atoms with Crippen molar-refractivity contribution in [2.24, 2.45) is 5.10 Å². The molecule has 0 aliphatic heterocycles. The summed E-state index contributed by atoms with van der Waals surface area (Å²) in [5.41, 5.74) is 2.85. The van der Waals surface area contributed by atoms with Crippen molar-refractivity contribution in [2.75, 3.05) is 5.32 Å². The first kappa shape index (κ1) is 18.1. The van der Waals surface area contributed by atoms with Crippen molar-refractivity contribution in [1.29, 1.82) is 0 Å². The van der Waals surface area contributed by atoms with Gasteiger partial charge in [0, 0.05) is 11.8 Å². The molecule has 3 rings (SSSR count). The Morgan fingerprint density at radius 2 is 2.07 bits per heavy atom. The molecule has 2 aromatic carbocycles. The van der Waals surface area contributed by atoms with Gasteiger partial charge in [-0.3, -0.25) is 14.9 Å². The second-order valence-corrected chi connectivity index (χ2v) is 5.73. The summed E-state index contributed by atoms with van der Waals surface area (Å²) in [6.07, 6.45) is 2.73. The number of rotatable bonds is 6. The van der Waals surface area contributed by atoms with Gasteiger partial charge in [-0.1, -0.05) is 30.8 Å². The van der Waals surface area contributed by atoms with E-state index >= 15 is 0 Å². The maximum atomic E-state index is 12.5. The van der Waals surface area contributed by atoms with E-state index in [1.165, 1.54) is 17.3 Å². The highest BCUT2D eigenvalue weighted by molar-refractivity contribution is 6.04. The summed E-state index contributed by atoms with van der Waals surface area (Å²) in [7, 11) is 0. The Bertz CT molecular complexity index is 989. The Morgan fingerprint density at radius 1 is 1.26 bits per heavy atom. The zero-order valence-corrected chi connectivity index (χ0v) is 14.8. The topological polar surface area (TPSA) is 90.5 Å². The molecule has 0 unspecified atom stereocenters. The number of hydrogen-bond donors (Lipinski definition) is 2. The zero-order valence-electron chi connectivity index (χ0n) is 14.8. The molecule has 1 heterocycles. The molecular weight excluding hydrogens is 342 g/mol. The van der Waals surface area contributed by atoms with Gasteiger partial charge in [0.2, 0.25) is 5.95 Å². The fourth-order valence-corrected chi connectivity index (χ4v) is 2.60. The number of carbonyl (C=O) groups is 2. The maximum Gasteiger partial charge on any atom is 0.266 e. The largest absolute Gasteiger partial charge is 0.324 e. The minimum atomic E-state index is -0.315. The van der Waals surface area contributed by atoms with Crippen LogP contribution in [0, 0.1) is 0 Å². The van der Waals surface area contributed by atoms with Crippen LogP contribution < -0.4 is 5.32 Å². The number of fused-ring (bicyclic) bond motifs is 1. The summed E-state index contributed by atoms with van der Waals surface area (Å²) >= 11 is 0. The number of imidazole rings is 1. The average molecular weight is 361 g/mol. The Kier molecular flexibility index (Phi) is 5.41. The molecule has 0 aliphatic rings. The van der Waals surface area contributed by atoms with Crippen molar-refractivity contribution >= 4 is 35.0 Å². The lowest BCUT2D eigenvalue weighted by Crippen LogP contribution is -2.23. The van der Waals surface area contributed by atoms with E-state index in [1.54, 1.807) is 25.1 Å². The van der Waals surface area contributed by atoms with Gasteiger partial charge in [-0.15, -0.1) is 0 Å². The molecule has 7 heteroatoms. The minimum Gasteiger partial charge on any atom is -0.324 e. The van der Waals surface area contributed by atoms with Crippen LogP contribution in [0.3, 0.4) is 0 Å². The molecular formula is C20H19N5O2. The number of benzene rings is 2. The smallest absolute Gasteiger partial charge is 0.266 e. The number of anilines is 1. The van der Waals surface area contributed by atoms with Crippen molar-refractivity contribution in [1.82, 2.24) is 15.0 Å². The molecule has 0 saturated heterocycles. The number of nitrogens with one attached hydrogen (secondary N) is 2. The van der Waals surface area contributed by atoms with E-state index in [9.17, 15) is 9.59 Å². The summed E-state index contributed by atoms with van der Waals surface area (Å²) in [5.74, 6) is -0.229. The molecule has 0 spiro atoms. The molecule has 0 atom stereocenters. The van der Waals surface area contributed by atoms with Gasteiger partial charge in [0.25, 0.3) is 11.8 Å². The number of carbonyl (C=O) groups excluding carboxylic acids is 2. The molecule has 2 N–H and O–H groups in total. The Balaban J connectivity index is 1.76. The minimum absolute atomic E-state index is 0.237. The van der Waals surface area contributed by atoms with Crippen LogP contribution >= 0.6 is 0 Å². The summed E-state index contributed by atoms with van der Waals surface area (Å²) in [5, 5.41) is 8.07. The number of aromatic amines is 1. The highest BCUT2D eigenvalue weighted by atomic mass is 16.2. The first-order chi connectivity index (χ1) is 13.1. The summed E-state index contributed by atoms with van der Waals surface area (Å²) in [6.45, 7) is 5.44. The van der Waals surface area contributed by atoms with Gasteiger partial charge in [-0.2, -0.15) is 5.10 Å². The third-order valence-electron chi connectivity index (χ3n) is 3.83. The summed E-state index contributed by atoms with van der Waals surface area (Å²) in [6, 6.07) is 14.5. The Hall–Kier alpha value is -3.74. The van der Waals surface area contributed by atoms with Crippen LogP contribution in [-0.2, 0) is 11.3 Å². The monoisotopic (exact) mass is 361 g/mol. The molecule has 0 radical (unpaired) electrons. The zero-order chi connectivity index (χ0) is 19.2. The van der Waals surface area contributed by atoms with Crippen LogP contribution in [-0.4, -0.2) is 33.0 Å². The van der Waals surface area contributed by atoms with Crippen molar-refractivity contribution in [2.45, 2.75) is 13.5 Å². The molecule has 136 valence electrons. The number of aromatic nitrogens is 2. The SMILES string of the molecule is C=CC(=O)N(Cc1cccc(C(=O)Nc2nc3ccccc3[nH]2)c1)/N=C\C. The first-order valence-corrected chi connectivity index (χ1v) is 8.38. The predicted octanol–water partition coefficient (Wildman–Crippen LogP) is 3.34. The van der Waals surface area contributed by atoms with Gasteiger partial charge in [0.15, 0.2) is 0 Å². The quantitative estimate of drug-likeness (QED) is 0.401. The van der Waals surface area contributed by atoms with E-state index in [4.69, 9.17) is 0 Å². The van der Waals surface area contributed by atoms with Crippen LogP contribution in [0.15, 0.2) is 66.3 Å². The number of nitrogens with zero attached hydrogens (tertiary/aromatic N) is 3. The van der Waals surface area contributed by atoms with Crippen molar-refractivity contribution in [3.8, 4) is 0 Å². The van der Waals surface area contributed by atoms with Crippen molar-refractivity contribution < 1.29 is 9.59 Å². The maximum absolute atomic E-state index is 12.5. The molecule has 0 bridgehead atoms. The number of hydrazone groups is 1. The van der Waals surface area contributed by atoms with Crippen LogP contribution in [0.25, 0.3) is 11.0 Å². The third kappa shape index (κ3) is 4.27. The van der Waals surface area contributed by atoms with Gasteiger partial charge < -0.3 is 4.98 Å². The molecule has 27 heavy (non-hydrogen) atoms. The lowest BCUT2D eigenvalue weighted by molar-refractivity contribution is -0.126. The Morgan fingerprint density at radius 3 is 2.81 bits per heavy atom. The van der Waals surface area contributed by atoms with Gasteiger partial charge in [0.05, 0.1) is 17.6 Å². The van der Waals surface area contributed by atoms with Gasteiger partial charge in [0.1, 0.15) is 0 Å². The molecule has 1 aromatic heterocycles. The van der Waals surface area contributed by atoms with Crippen molar-refractivity contribution in [3.63, 3.8) is 0 Å². The Labute approximate surface area is 156 Å². The fourth-order valence-electron chi connectivity index (χ4n) is 2.60. The van der Waals surface area contributed by atoms with E-state index < -0.39 is 0 Å².